The lowest BCUT2D eigenvalue weighted by molar-refractivity contribution is -0.192. The molecule has 0 saturated heterocycles. The van der Waals surface area contributed by atoms with Crippen LogP contribution in [-0.4, -0.2) is 41.7 Å². The zero-order valence-corrected chi connectivity index (χ0v) is 16.9. The summed E-state index contributed by atoms with van der Waals surface area (Å²) in [5.74, 6) is -3.50. The Bertz CT molecular complexity index is 895. The van der Waals surface area contributed by atoms with Gasteiger partial charge >= 0.3 is 12.1 Å². The van der Waals surface area contributed by atoms with Gasteiger partial charge in [0, 0.05) is 23.7 Å². The maximum atomic E-state index is 12.8. The van der Waals surface area contributed by atoms with Crippen LogP contribution in [0.2, 0.25) is 5.02 Å². The van der Waals surface area contributed by atoms with E-state index in [9.17, 15) is 22.8 Å². The van der Waals surface area contributed by atoms with Crippen LogP contribution in [0.3, 0.4) is 0 Å². The van der Waals surface area contributed by atoms with Crippen molar-refractivity contribution < 1.29 is 32.7 Å². The molecule has 0 fully saturated rings. The number of halogens is 4. The van der Waals surface area contributed by atoms with Crippen molar-refractivity contribution >= 4 is 35.1 Å². The zero-order valence-electron chi connectivity index (χ0n) is 16.2. The highest BCUT2D eigenvalue weighted by atomic mass is 35.5. The van der Waals surface area contributed by atoms with Crippen LogP contribution in [0.5, 0.6) is 0 Å². The molecule has 0 radical (unpaired) electrons. The highest BCUT2D eigenvalue weighted by molar-refractivity contribution is 6.31. The summed E-state index contributed by atoms with van der Waals surface area (Å²) in [6.45, 7) is 0.189. The Labute approximate surface area is 181 Å². The molecule has 5 N–H and O–H groups in total. The fraction of sp³-hybridized carbons (Fsp3) is 0.250. The lowest BCUT2D eigenvalue weighted by Gasteiger charge is -2.25. The van der Waals surface area contributed by atoms with E-state index >= 15 is 0 Å². The van der Waals surface area contributed by atoms with Crippen molar-refractivity contribution in [3.8, 4) is 0 Å². The standard InChI is InChI=1S/C18H20ClN3O2.C2HF3O2/c19-15-9-5-4-6-13(15)12-16(20)18(24)22(11-10-17(21)23)14-7-2-1-3-8-14;3-2(4,5)1(6)7/h1-9,16H,10-12,20H2,(H2,21,23);(H,6,7). The first-order valence-corrected chi connectivity index (χ1v) is 9.25. The fourth-order valence-electron chi connectivity index (χ4n) is 2.38. The molecule has 0 aliphatic heterocycles. The molecule has 168 valence electrons. The lowest BCUT2D eigenvalue weighted by Crippen LogP contribution is -2.46. The van der Waals surface area contributed by atoms with Crippen molar-refractivity contribution in [1.82, 2.24) is 0 Å². The van der Waals surface area contributed by atoms with Crippen molar-refractivity contribution in [2.24, 2.45) is 11.5 Å². The summed E-state index contributed by atoms with van der Waals surface area (Å²) in [6.07, 6.45) is -4.70. The average molecular weight is 460 g/mol. The predicted octanol–water partition coefficient (Wildman–Crippen LogP) is 2.75. The molecule has 0 bridgehead atoms. The second kappa shape index (κ2) is 11.9. The fourth-order valence-corrected chi connectivity index (χ4v) is 2.60. The summed E-state index contributed by atoms with van der Waals surface area (Å²) < 4.78 is 31.7. The number of amides is 2. The van der Waals surface area contributed by atoms with E-state index in [0.717, 1.165) is 5.56 Å². The van der Waals surface area contributed by atoms with Crippen molar-refractivity contribution in [2.45, 2.75) is 25.1 Å². The molecular weight excluding hydrogens is 439 g/mol. The summed E-state index contributed by atoms with van der Waals surface area (Å²) in [4.78, 5) is 34.3. The summed E-state index contributed by atoms with van der Waals surface area (Å²) in [5.41, 5.74) is 12.8. The van der Waals surface area contributed by atoms with E-state index in [0.29, 0.717) is 17.1 Å². The number of hydrogen-bond donors (Lipinski definition) is 3. The number of benzene rings is 2. The van der Waals surface area contributed by atoms with Crippen molar-refractivity contribution in [3.05, 3.63) is 65.2 Å². The minimum Gasteiger partial charge on any atom is -0.475 e. The van der Waals surface area contributed by atoms with Crippen molar-refractivity contribution in [3.63, 3.8) is 0 Å². The lowest BCUT2D eigenvalue weighted by atomic mass is 10.0. The molecule has 1 unspecified atom stereocenters. The van der Waals surface area contributed by atoms with E-state index in [2.05, 4.69) is 0 Å². The average Bonchev–Trinajstić information content (AvgIpc) is 2.70. The van der Waals surface area contributed by atoms with E-state index in [1.807, 2.05) is 36.4 Å². The number of aliphatic carboxylic acids is 1. The largest absolute Gasteiger partial charge is 0.490 e. The molecule has 0 aromatic heterocycles. The monoisotopic (exact) mass is 459 g/mol. The molecule has 2 aromatic carbocycles. The van der Waals surface area contributed by atoms with Crippen LogP contribution in [0.15, 0.2) is 54.6 Å². The molecule has 0 saturated carbocycles. The van der Waals surface area contributed by atoms with Gasteiger partial charge in [0.25, 0.3) is 0 Å². The second-order valence-corrected chi connectivity index (χ2v) is 6.65. The molecule has 0 heterocycles. The van der Waals surface area contributed by atoms with Gasteiger partial charge in [-0.15, -0.1) is 0 Å². The number of alkyl halides is 3. The van der Waals surface area contributed by atoms with Crippen molar-refractivity contribution in [1.29, 1.82) is 0 Å². The van der Waals surface area contributed by atoms with E-state index in [1.54, 1.807) is 18.2 Å². The third kappa shape index (κ3) is 9.06. The first-order chi connectivity index (χ1) is 14.4. The topological polar surface area (TPSA) is 127 Å². The van der Waals surface area contributed by atoms with Crippen LogP contribution in [0.1, 0.15) is 12.0 Å². The molecule has 1 atom stereocenters. The Morgan fingerprint density at radius 3 is 2.03 bits per heavy atom. The van der Waals surface area contributed by atoms with Gasteiger partial charge in [-0.25, -0.2) is 4.79 Å². The third-order valence-electron chi connectivity index (χ3n) is 3.87. The van der Waals surface area contributed by atoms with Gasteiger partial charge in [0.15, 0.2) is 0 Å². The minimum atomic E-state index is -5.08. The van der Waals surface area contributed by atoms with Gasteiger partial charge in [0.05, 0.1) is 6.04 Å². The summed E-state index contributed by atoms with van der Waals surface area (Å²) in [5, 5.41) is 7.70. The highest BCUT2D eigenvalue weighted by Gasteiger charge is 2.38. The molecule has 31 heavy (non-hydrogen) atoms. The molecular formula is C20H21ClF3N3O4. The van der Waals surface area contributed by atoms with E-state index in [4.69, 9.17) is 33.0 Å². The quantitative estimate of drug-likeness (QED) is 0.586. The zero-order chi connectivity index (χ0) is 23.6. The van der Waals surface area contributed by atoms with Crippen LogP contribution in [0, 0.1) is 0 Å². The van der Waals surface area contributed by atoms with Gasteiger partial charge < -0.3 is 21.5 Å². The first-order valence-electron chi connectivity index (χ1n) is 8.87. The number of para-hydroxylation sites is 1. The number of carbonyl (C=O) groups is 3. The molecule has 0 aliphatic carbocycles. The van der Waals surface area contributed by atoms with Gasteiger partial charge in [-0.05, 0) is 30.2 Å². The number of rotatable bonds is 7. The van der Waals surface area contributed by atoms with E-state index < -0.39 is 24.1 Å². The molecule has 0 spiro atoms. The van der Waals surface area contributed by atoms with Gasteiger partial charge in [-0.1, -0.05) is 48.0 Å². The number of primary amides is 1. The van der Waals surface area contributed by atoms with Gasteiger partial charge in [-0.2, -0.15) is 13.2 Å². The van der Waals surface area contributed by atoms with E-state index in [-0.39, 0.29) is 18.9 Å². The Morgan fingerprint density at radius 2 is 1.55 bits per heavy atom. The molecule has 7 nitrogen and oxygen atoms in total. The third-order valence-corrected chi connectivity index (χ3v) is 4.24. The van der Waals surface area contributed by atoms with Gasteiger partial charge in [-0.3, -0.25) is 9.59 Å². The maximum Gasteiger partial charge on any atom is 0.490 e. The van der Waals surface area contributed by atoms with Crippen LogP contribution in [-0.2, 0) is 20.8 Å². The summed E-state index contributed by atoms with van der Waals surface area (Å²) in [6, 6.07) is 15.6. The SMILES string of the molecule is NC(=O)CCN(C(=O)C(N)Cc1ccccc1Cl)c1ccccc1.O=C(O)C(F)(F)F. The molecule has 2 rings (SSSR count). The minimum absolute atomic E-state index is 0.0689. The van der Waals surface area contributed by atoms with Gasteiger partial charge in [0.1, 0.15) is 0 Å². The Hall–Kier alpha value is -3.11. The number of carboxylic acids is 1. The summed E-state index contributed by atoms with van der Waals surface area (Å²) >= 11 is 6.13. The van der Waals surface area contributed by atoms with Crippen LogP contribution < -0.4 is 16.4 Å². The number of carboxylic acid groups (broad SMARTS) is 1. The molecule has 11 heteroatoms. The summed E-state index contributed by atoms with van der Waals surface area (Å²) in [7, 11) is 0. The van der Waals surface area contributed by atoms with Crippen LogP contribution >= 0.6 is 11.6 Å². The molecule has 2 amide bonds. The van der Waals surface area contributed by atoms with Gasteiger partial charge in [0.2, 0.25) is 11.8 Å². The molecule has 0 aliphatic rings. The number of nitrogens with zero attached hydrogens (tertiary/aromatic N) is 1. The number of anilines is 1. The number of nitrogens with two attached hydrogens (primary N) is 2. The Kier molecular flexibility index (Phi) is 9.97. The predicted molar refractivity (Wildman–Crippen MR) is 109 cm³/mol. The number of hydrogen-bond acceptors (Lipinski definition) is 4. The maximum absolute atomic E-state index is 12.8. The second-order valence-electron chi connectivity index (χ2n) is 6.25. The number of carbonyl (C=O) groups excluding carboxylic acids is 2. The molecule has 2 aromatic rings. The van der Waals surface area contributed by atoms with Crippen LogP contribution in [0.25, 0.3) is 0 Å². The Balaban J connectivity index is 0.000000592. The Morgan fingerprint density at radius 1 is 1.03 bits per heavy atom. The first kappa shape index (κ1) is 25.9. The smallest absolute Gasteiger partial charge is 0.475 e. The van der Waals surface area contributed by atoms with E-state index in [1.165, 1.54) is 4.90 Å². The van der Waals surface area contributed by atoms with Crippen molar-refractivity contribution in [2.75, 3.05) is 11.4 Å². The highest BCUT2D eigenvalue weighted by Crippen LogP contribution is 2.19. The van der Waals surface area contributed by atoms with Crippen LogP contribution in [0.4, 0.5) is 18.9 Å². The normalized spacial score (nSPS) is 11.6.